The monoisotopic (exact) mass is 259 g/mol. The lowest BCUT2D eigenvalue weighted by atomic mass is 10.0. The first kappa shape index (κ1) is 13.4. The number of hydrogen-bond acceptors (Lipinski definition) is 4. The number of anilines is 1. The summed E-state index contributed by atoms with van der Waals surface area (Å²) in [6.07, 6.45) is 2.76. The second kappa shape index (κ2) is 6.21. The molecule has 100 valence electrons. The second-order valence-corrected chi connectivity index (χ2v) is 4.67. The van der Waals surface area contributed by atoms with Crippen LogP contribution in [0.3, 0.4) is 0 Å². The highest BCUT2D eigenvalue weighted by atomic mass is 16.5. The average molecular weight is 259 g/mol. The Labute approximate surface area is 112 Å². The fourth-order valence-corrected chi connectivity index (χ4v) is 2.33. The highest BCUT2D eigenvalue weighted by Crippen LogP contribution is 2.26. The molecule has 1 amide bonds. The number of hydrogen-bond donors (Lipinski definition) is 2. The maximum absolute atomic E-state index is 12.1. The van der Waals surface area contributed by atoms with Crippen LogP contribution in [0.1, 0.15) is 19.3 Å². The first-order chi connectivity index (χ1) is 9.20. The molecular formula is C14H17N3O2. The highest BCUT2D eigenvalue weighted by Gasteiger charge is 2.30. The van der Waals surface area contributed by atoms with Crippen LogP contribution in [0.4, 0.5) is 5.69 Å². The van der Waals surface area contributed by atoms with Crippen LogP contribution in [-0.4, -0.2) is 18.6 Å². The Morgan fingerprint density at radius 2 is 2.37 bits per heavy atom. The third-order valence-electron chi connectivity index (χ3n) is 3.31. The summed E-state index contributed by atoms with van der Waals surface area (Å²) in [7, 11) is 0. The smallest absolute Gasteiger partial charge is 0.229 e. The van der Waals surface area contributed by atoms with Gasteiger partial charge in [-0.2, -0.15) is 5.26 Å². The first-order valence-electron chi connectivity index (χ1n) is 6.37. The molecular weight excluding hydrogens is 242 g/mol. The number of rotatable bonds is 4. The molecule has 1 aliphatic carbocycles. The molecule has 1 aliphatic rings. The van der Waals surface area contributed by atoms with Crippen LogP contribution in [0.5, 0.6) is 5.75 Å². The van der Waals surface area contributed by atoms with E-state index in [1.54, 1.807) is 24.3 Å². The molecule has 5 nitrogen and oxygen atoms in total. The maximum Gasteiger partial charge on any atom is 0.229 e. The van der Waals surface area contributed by atoms with Gasteiger partial charge in [-0.05, 0) is 25.0 Å². The fourth-order valence-electron chi connectivity index (χ4n) is 2.33. The molecule has 3 N–H and O–H groups in total. The molecule has 2 rings (SSSR count). The minimum absolute atomic E-state index is 0.00903. The van der Waals surface area contributed by atoms with E-state index in [-0.39, 0.29) is 24.5 Å². The van der Waals surface area contributed by atoms with E-state index < -0.39 is 0 Å². The van der Waals surface area contributed by atoms with Crippen molar-refractivity contribution >= 4 is 11.6 Å². The minimum Gasteiger partial charge on any atom is -0.479 e. The Morgan fingerprint density at radius 1 is 1.53 bits per heavy atom. The summed E-state index contributed by atoms with van der Waals surface area (Å²) in [5.74, 6) is 0.418. The lowest BCUT2D eigenvalue weighted by Crippen LogP contribution is -2.34. The van der Waals surface area contributed by atoms with Crippen molar-refractivity contribution in [3.63, 3.8) is 0 Å². The summed E-state index contributed by atoms with van der Waals surface area (Å²) in [6, 6.07) is 8.87. The van der Waals surface area contributed by atoms with Gasteiger partial charge in [0.25, 0.3) is 0 Å². The van der Waals surface area contributed by atoms with Crippen LogP contribution in [0.2, 0.25) is 0 Å². The molecule has 1 fully saturated rings. The Bertz CT molecular complexity index is 496. The molecule has 1 aromatic carbocycles. The van der Waals surface area contributed by atoms with Gasteiger partial charge in [-0.3, -0.25) is 4.79 Å². The molecule has 0 saturated heterocycles. The van der Waals surface area contributed by atoms with Crippen LogP contribution >= 0.6 is 0 Å². The number of nitriles is 1. The van der Waals surface area contributed by atoms with Crippen LogP contribution in [-0.2, 0) is 4.79 Å². The van der Waals surface area contributed by atoms with Crippen LogP contribution in [0.25, 0.3) is 0 Å². The molecule has 2 unspecified atom stereocenters. The van der Waals surface area contributed by atoms with Crippen molar-refractivity contribution in [3.8, 4) is 11.8 Å². The molecule has 0 aliphatic heterocycles. The largest absolute Gasteiger partial charge is 0.479 e. The van der Waals surface area contributed by atoms with Gasteiger partial charge in [-0.15, -0.1) is 0 Å². The predicted octanol–water partition coefficient (Wildman–Crippen LogP) is 1.65. The molecule has 0 spiro atoms. The van der Waals surface area contributed by atoms with Gasteiger partial charge in [-0.25, -0.2) is 0 Å². The zero-order valence-corrected chi connectivity index (χ0v) is 10.6. The van der Waals surface area contributed by atoms with Crippen molar-refractivity contribution in [1.82, 2.24) is 0 Å². The van der Waals surface area contributed by atoms with E-state index in [1.165, 1.54) is 0 Å². The van der Waals surface area contributed by atoms with E-state index in [9.17, 15) is 4.79 Å². The van der Waals surface area contributed by atoms with Crippen molar-refractivity contribution in [2.75, 3.05) is 11.9 Å². The Kier molecular flexibility index (Phi) is 4.37. The van der Waals surface area contributed by atoms with Gasteiger partial charge in [-0.1, -0.05) is 12.5 Å². The van der Waals surface area contributed by atoms with Crippen molar-refractivity contribution in [2.24, 2.45) is 11.7 Å². The van der Waals surface area contributed by atoms with Gasteiger partial charge in [0.1, 0.15) is 11.8 Å². The maximum atomic E-state index is 12.1. The molecule has 19 heavy (non-hydrogen) atoms. The molecule has 1 aromatic rings. The summed E-state index contributed by atoms with van der Waals surface area (Å²) in [6.45, 7) is -0.00903. The zero-order chi connectivity index (χ0) is 13.7. The van der Waals surface area contributed by atoms with E-state index in [1.807, 2.05) is 6.07 Å². The van der Waals surface area contributed by atoms with Gasteiger partial charge in [0.05, 0.1) is 5.92 Å². The van der Waals surface area contributed by atoms with E-state index in [2.05, 4.69) is 5.32 Å². The quantitative estimate of drug-likeness (QED) is 0.860. The predicted molar refractivity (Wildman–Crippen MR) is 71.5 cm³/mol. The van der Waals surface area contributed by atoms with Crippen molar-refractivity contribution in [1.29, 1.82) is 5.26 Å². The molecule has 0 heterocycles. The summed E-state index contributed by atoms with van der Waals surface area (Å²) >= 11 is 0. The lowest BCUT2D eigenvalue weighted by Gasteiger charge is -2.15. The van der Waals surface area contributed by atoms with E-state index >= 15 is 0 Å². The van der Waals surface area contributed by atoms with Crippen molar-refractivity contribution < 1.29 is 9.53 Å². The summed E-state index contributed by atoms with van der Waals surface area (Å²) < 4.78 is 5.19. The van der Waals surface area contributed by atoms with E-state index in [4.69, 9.17) is 15.7 Å². The highest BCUT2D eigenvalue weighted by molar-refractivity contribution is 5.93. The van der Waals surface area contributed by atoms with Crippen molar-refractivity contribution in [2.45, 2.75) is 25.3 Å². The normalized spacial score (nSPS) is 21.7. The van der Waals surface area contributed by atoms with Gasteiger partial charge < -0.3 is 15.8 Å². The molecule has 0 radical (unpaired) electrons. The van der Waals surface area contributed by atoms with Crippen LogP contribution < -0.4 is 15.8 Å². The number of carbonyl (C=O) groups is 1. The summed E-state index contributed by atoms with van der Waals surface area (Å²) in [4.78, 5) is 12.1. The third kappa shape index (κ3) is 3.46. The molecule has 5 heteroatoms. The summed E-state index contributed by atoms with van der Waals surface area (Å²) in [5, 5.41) is 11.3. The molecule has 0 aromatic heterocycles. The van der Waals surface area contributed by atoms with E-state index in [0.29, 0.717) is 11.4 Å². The number of amides is 1. The number of nitrogens with zero attached hydrogens (tertiary/aromatic N) is 1. The van der Waals surface area contributed by atoms with Crippen molar-refractivity contribution in [3.05, 3.63) is 24.3 Å². The Balaban J connectivity index is 1.98. The molecule has 0 bridgehead atoms. The number of nitrogens with one attached hydrogen (secondary N) is 1. The third-order valence-corrected chi connectivity index (χ3v) is 3.31. The van der Waals surface area contributed by atoms with Crippen LogP contribution in [0.15, 0.2) is 24.3 Å². The second-order valence-electron chi connectivity index (χ2n) is 4.67. The Morgan fingerprint density at radius 3 is 3.05 bits per heavy atom. The zero-order valence-electron chi connectivity index (χ0n) is 10.6. The minimum atomic E-state index is -0.108. The number of ether oxygens (including phenoxy) is 1. The Hall–Kier alpha value is -2.06. The topological polar surface area (TPSA) is 88.1 Å². The molecule has 2 atom stereocenters. The first-order valence-corrected chi connectivity index (χ1v) is 6.37. The summed E-state index contributed by atoms with van der Waals surface area (Å²) in [5.41, 5.74) is 6.57. The fraction of sp³-hybridized carbons (Fsp3) is 0.429. The van der Waals surface area contributed by atoms with Gasteiger partial charge in [0.15, 0.2) is 6.61 Å². The van der Waals surface area contributed by atoms with Crippen LogP contribution in [0, 0.1) is 17.2 Å². The van der Waals surface area contributed by atoms with E-state index in [0.717, 1.165) is 19.3 Å². The average Bonchev–Trinajstić information content (AvgIpc) is 2.83. The standard InChI is InChI=1S/C14H17N3O2/c15-7-8-19-11-4-1-3-10(9-11)17-14(18)12-5-2-6-13(12)16/h1,3-4,9,12-13H,2,5-6,8,16H2,(H,17,18). The molecule has 1 saturated carbocycles. The number of nitrogens with two attached hydrogens (primary N) is 1. The van der Waals surface area contributed by atoms with Gasteiger partial charge in [0.2, 0.25) is 5.91 Å². The van der Waals surface area contributed by atoms with Gasteiger partial charge >= 0.3 is 0 Å². The SMILES string of the molecule is N#CCOc1cccc(NC(=O)C2CCCC2N)c1. The van der Waals surface area contributed by atoms with Gasteiger partial charge in [0, 0.05) is 17.8 Å². The number of benzene rings is 1. The lowest BCUT2D eigenvalue weighted by molar-refractivity contribution is -0.120. The number of carbonyl (C=O) groups excluding carboxylic acids is 1.